The molecule has 172 valence electrons. The molecule has 1 N–H and O–H groups in total. The van der Waals surface area contributed by atoms with Crippen LogP contribution in [0.15, 0.2) is 59.5 Å². The second-order valence-electron chi connectivity index (χ2n) is 8.36. The summed E-state index contributed by atoms with van der Waals surface area (Å²) in [6.07, 6.45) is 4.79. The number of hydrogen-bond donors (Lipinski definition) is 1. The molecule has 1 fully saturated rings. The highest BCUT2D eigenvalue weighted by molar-refractivity contribution is 7.98. The van der Waals surface area contributed by atoms with Crippen LogP contribution >= 0.6 is 11.8 Å². The number of imidazole rings is 1. The number of thioether (sulfide) groups is 1. The normalized spacial score (nSPS) is 18.8. The van der Waals surface area contributed by atoms with Crippen molar-refractivity contribution in [2.24, 2.45) is 0 Å². The van der Waals surface area contributed by atoms with E-state index in [0.29, 0.717) is 6.42 Å². The smallest absolute Gasteiger partial charge is 0.309 e. The van der Waals surface area contributed by atoms with Crippen molar-refractivity contribution in [2.45, 2.75) is 49.7 Å². The largest absolute Gasteiger partial charge is 0.458 e. The van der Waals surface area contributed by atoms with Crippen LogP contribution in [0.4, 0.5) is 4.39 Å². The van der Waals surface area contributed by atoms with E-state index in [9.17, 15) is 14.3 Å². The number of ether oxygens (including phenoxy) is 1. The topological polar surface area (TPSA) is 64.3 Å². The fourth-order valence-corrected chi connectivity index (χ4v) is 4.63. The minimum absolute atomic E-state index is 0.0170. The molecule has 0 radical (unpaired) electrons. The summed E-state index contributed by atoms with van der Waals surface area (Å²) in [5.41, 5.74) is 3.46. The fourth-order valence-electron chi connectivity index (χ4n) is 4.03. The summed E-state index contributed by atoms with van der Waals surface area (Å²) in [6, 6.07) is 14.4. The molecule has 2 atom stereocenters. The van der Waals surface area contributed by atoms with Gasteiger partial charge in [0.25, 0.3) is 0 Å². The Labute approximate surface area is 197 Å². The summed E-state index contributed by atoms with van der Waals surface area (Å²) < 4.78 is 21.1. The van der Waals surface area contributed by atoms with Crippen LogP contribution in [0.3, 0.4) is 0 Å². The lowest BCUT2D eigenvalue weighted by Crippen LogP contribution is -2.31. The van der Waals surface area contributed by atoms with Gasteiger partial charge < -0.3 is 14.4 Å². The summed E-state index contributed by atoms with van der Waals surface area (Å²) in [7, 11) is 0. The summed E-state index contributed by atoms with van der Waals surface area (Å²) in [6.45, 7) is 4.13. The highest BCUT2D eigenvalue weighted by Gasteiger charge is 2.26. The number of aliphatic hydroxyl groups excluding tert-OH is 1. The van der Waals surface area contributed by atoms with E-state index in [0.717, 1.165) is 33.2 Å². The fraction of sp³-hybridized carbons (Fsp3) is 0.308. The number of aromatic nitrogens is 2. The van der Waals surface area contributed by atoms with Gasteiger partial charge in [-0.15, -0.1) is 11.8 Å². The summed E-state index contributed by atoms with van der Waals surface area (Å²) in [4.78, 5) is 17.9. The van der Waals surface area contributed by atoms with Gasteiger partial charge in [0.05, 0.1) is 23.9 Å². The molecule has 0 amide bonds. The van der Waals surface area contributed by atoms with Crippen molar-refractivity contribution in [1.82, 2.24) is 9.55 Å². The van der Waals surface area contributed by atoms with Crippen LogP contribution in [0.1, 0.15) is 38.4 Å². The molecule has 2 unspecified atom stereocenters. The van der Waals surface area contributed by atoms with Gasteiger partial charge in [-0.3, -0.25) is 4.79 Å². The standard InChI is InChI=1S/C26H27FN2O3S/c1-16(2)26-28-24(21-6-4-5-7-22(21)33-3)25(17-8-10-18(27)11-9-17)29(26)13-12-20-14-19(30)15-23(31)32-20/h4-13,16,19-20,30H,14-15H2,1-3H3. The van der Waals surface area contributed by atoms with Gasteiger partial charge in [-0.2, -0.15) is 0 Å². The van der Waals surface area contributed by atoms with Crippen molar-refractivity contribution < 1.29 is 19.0 Å². The molecule has 0 spiro atoms. The molecule has 0 bridgehead atoms. The molecule has 1 aromatic heterocycles. The maximum absolute atomic E-state index is 13.7. The number of hydrogen-bond acceptors (Lipinski definition) is 5. The lowest BCUT2D eigenvalue weighted by atomic mass is 10.0. The van der Waals surface area contributed by atoms with Crippen molar-refractivity contribution in [3.05, 3.63) is 66.2 Å². The van der Waals surface area contributed by atoms with E-state index in [1.165, 1.54) is 12.1 Å². The Bertz CT molecular complexity index is 1170. The van der Waals surface area contributed by atoms with Crippen LogP contribution in [0.25, 0.3) is 28.7 Å². The molecule has 1 aliphatic rings. The summed E-state index contributed by atoms with van der Waals surface area (Å²) in [5, 5.41) is 9.97. The molecule has 2 aromatic carbocycles. The second kappa shape index (κ2) is 9.93. The molecule has 7 heteroatoms. The number of benzene rings is 2. The zero-order valence-corrected chi connectivity index (χ0v) is 19.7. The number of carbonyl (C=O) groups excluding carboxylic acids is 1. The highest BCUT2D eigenvalue weighted by Crippen LogP contribution is 2.39. The van der Waals surface area contributed by atoms with Crippen LogP contribution in [0.5, 0.6) is 0 Å². The van der Waals surface area contributed by atoms with E-state index in [2.05, 4.69) is 19.9 Å². The molecule has 1 saturated heterocycles. The molecule has 33 heavy (non-hydrogen) atoms. The first kappa shape index (κ1) is 23.3. The number of cyclic esters (lactones) is 1. The average molecular weight is 467 g/mol. The number of esters is 1. The zero-order valence-electron chi connectivity index (χ0n) is 18.9. The van der Waals surface area contributed by atoms with E-state index < -0.39 is 18.2 Å². The highest BCUT2D eigenvalue weighted by atomic mass is 32.2. The van der Waals surface area contributed by atoms with Crippen molar-refractivity contribution in [3.63, 3.8) is 0 Å². The van der Waals surface area contributed by atoms with Gasteiger partial charge in [-0.25, -0.2) is 9.37 Å². The van der Waals surface area contributed by atoms with Crippen molar-refractivity contribution in [3.8, 4) is 22.5 Å². The van der Waals surface area contributed by atoms with E-state index in [1.807, 2.05) is 35.2 Å². The second-order valence-corrected chi connectivity index (χ2v) is 9.21. The quantitative estimate of drug-likeness (QED) is 0.371. The van der Waals surface area contributed by atoms with Crippen LogP contribution in [0.2, 0.25) is 0 Å². The molecule has 1 aliphatic heterocycles. The minimum Gasteiger partial charge on any atom is -0.458 e. The Morgan fingerprint density at radius 1 is 1.21 bits per heavy atom. The maximum Gasteiger partial charge on any atom is 0.309 e. The number of aliphatic hydroxyl groups is 1. The number of rotatable bonds is 6. The van der Waals surface area contributed by atoms with Gasteiger partial charge in [0.15, 0.2) is 0 Å². The van der Waals surface area contributed by atoms with Crippen LogP contribution < -0.4 is 0 Å². The minimum atomic E-state index is -0.714. The Hall–Kier alpha value is -2.90. The van der Waals surface area contributed by atoms with Gasteiger partial charge in [0, 0.05) is 34.6 Å². The molecule has 0 saturated carbocycles. The zero-order chi connectivity index (χ0) is 23.5. The number of halogens is 1. The first-order valence-electron chi connectivity index (χ1n) is 10.9. The molecule has 0 aliphatic carbocycles. The monoisotopic (exact) mass is 466 g/mol. The van der Waals surface area contributed by atoms with Crippen LogP contribution in [-0.2, 0) is 9.53 Å². The van der Waals surface area contributed by atoms with E-state index >= 15 is 0 Å². The Morgan fingerprint density at radius 2 is 1.94 bits per heavy atom. The predicted molar refractivity (Wildman–Crippen MR) is 129 cm³/mol. The third-order valence-corrected chi connectivity index (χ3v) is 6.37. The van der Waals surface area contributed by atoms with Crippen molar-refractivity contribution in [1.29, 1.82) is 0 Å². The predicted octanol–water partition coefficient (Wildman–Crippen LogP) is 5.74. The SMILES string of the molecule is CSc1ccccc1-c1nc(C(C)C)n(C=CC2CC(O)CC(=O)O2)c1-c1ccc(F)cc1. The molecular weight excluding hydrogens is 439 g/mol. The van der Waals surface area contributed by atoms with Gasteiger partial charge in [0.1, 0.15) is 17.7 Å². The molecule has 5 nitrogen and oxygen atoms in total. The lowest BCUT2D eigenvalue weighted by Gasteiger charge is -2.23. The number of carbonyl (C=O) groups is 1. The van der Waals surface area contributed by atoms with Gasteiger partial charge in [-0.1, -0.05) is 32.0 Å². The van der Waals surface area contributed by atoms with E-state index in [1.54, 1.807) is 30.0 Å². The van der Waals surface area contributed by atoms with Crippen LogP contribution in [0, 0.1) is 5.82 Å². The summed E-state index contributed by atoms with van der Waals surface area (Å²) in [5.74, 6) is 0.216. The van der Waals surface area contributed by atoms with Gasteiger partial charge in [-0.05, 0) is 42.7 Å². The maximum atomic E-state index is 13.7. The summed E-state index contributed by atoms with van der Waals surface area (Å²) >= 11 is 1.64. The third kappa shape index (κ3) is 5.04. The molecule has 3 aromatic rings. The van der Waals surface area contributed by atoms with Crippen molar-refractivity contribution in [2.75, 3.05) is 6.26 Å². The first-order chi connectivity index (χ1) is 15.9. The average Bonchev–Trinajstić information content (AvgIpc) is 3.17. The Kier molecular flexibility index (Phi) is 7.00. The molecule has 2 heterocycles. The van der Waals surface area contributed by atoms with Crippen molar-refractivity contribution >= 4 is 23.9 Å². The third-order valence-electron chi connectivity index (χ3n) is 5.57. The molecular formula is C26H27FN2O3S. The Balaban J connectivity index is 1.90. The Morgan fingerprint density at radius 3 is 2.61 bits per heavy atom. The first-order valence-corrected chi connectivity index (χ1v) is 12.2. The molecule has 4 rings (SSSR count). The van der Waals surface area contributed by atoms with Gasteiger partial charge >= 0.3 is 5.97 Å². The lowest BCUT2D eigenvalue weighted by molar-refractivity contribution is -0.156. The van der Waals surface area contributed by atoms with E-state index in [4.69, 9.17) is 9.72 Å². The number of nitrogens with zero attached hydrogens (tertiary/aromatic N) is 2. The van der Waals surface area contributed by atoms with Gasteiger partial charge in [0.2, 0.25) is 0 Å². The van der Waals surface area contributed by atoms with Crippen LogP contribution in [-0.4, -0.2) is 39.1 Å². The van der Waals surface area contributed by atoms with E-state index in [-0.39, 0.29) is 18.2 Å².